The Morgan fingerprint density at radius 3 is 2.74 bits per heavy atom. The first-order valence-corrected chi connectivity index (χ1v) is 7.99. The molecule has 1 aliphatic carbocycles. The number of carbonyl (C=O) groups excluding carboxylic acids is 1. The molecule has 3 heterocycles. The summed E-state index contributed by atoms with van der Waals surface area (Å²) >= 11 is 0. The average Bonchev–Trinajstić information content (AvgIpc) is 3.35. The molecule has 23 heavy (non-hydrogen) atoms. The highest BCUT2D eigenvalue weighted by Gasteiger charge is 2.29. The van der Waals surface area contributed by atoms with E-state index in [1.165, 1.54) is 12.8 Å². The monoisotopic (exact) mass is 313 g/mol. The SMILES string of the molecule is O=C(c1cccnc1)N1CCN(Cc2nnnn2C2CC2)CC1. The van der Waals surface area contributed by atoms with E-state index in [-0.39, 0.29) is 5.91 Å². The van der Waals surface area contributed by atoms with E-state index in [0.29, 0.717) is 11.6 Å². The molecule has 8 nitrogen and oxygen atoms in total. The van der Waals surface area contributed by atoms with Crippen molar-refractivity contribution in [2.45, 2.75) is 25.4 Å². The van der Waals surface area contributed by atoms with Crippen LogP contribution >= 0.6 is 0 Å². The van der Waals surface area contributed by atoms with Gasteiger partial charge in [0.2, 0.25) is 0 Å². The highest BCUT2D eigenvalue weighted by atomic mass is 16.2. The first-order valence-electron chi connectivity index (χ1n) is 7.99. The first kappa shape index (κ1) is 14.3. The molecule has 0 aromatic carbocycles. The number of pyridine rings is 1. The molecule has 0 atom stereocenters. The van der Waals surface area contributed by atoms with Crippen molar-refractivity contribution in [3.8, 4) is 0 Å². The largest absolute Gasteiger partial charge is 0.336 e. The van der Waals surface area contributed by atoms with Crippen molar-refractivity contribution in [3.05, 3.63) is 35.9 Å². The summed E-state index contributed by atoms with van der Waals surface area (Å²) in [4.78, 5) is 20.6. The van der Waals surface area contributed by atoms with Gasteiger partial charge in [-0.15, -0.1) is 5.10 Å². The number of aromatic nitrogens is 5. The van der Waals surface area contributed by atoms with Crippen molar-refractivity contribution in [1.82, 2.24) is 35.0 Å². The van der Waals surface area contributed by atoms with E-state index >= 15 is 0 Å². The molecule has 1 saturated heterocycles. The Morgan fingerprint density at radius 1 is 1.22 bits per heavy atom. The lowest BCUT2D eigenvalue weighted by molar-refractivity contribution is 0.0623. The molecule has 0 bridgehead atoms. The van der Waals surface area contributed by atoms with Gasteiger partial charge in [-0.1, -0.05) is 0 Å². The lowest BCUT2D eigenvalue weighted by Crippen LogP contribution is -2.48. The molecule has 2 fully saturated rings. The molecule has 0 spiro atoms. The minimum absolute atomic E-state index is 0.0561. The van der Waals surface area contributed by atoms with Crippen LogP contribution in [0.5, 0.6) is 0 Å². The summed E-state index contributed by atoms with van der Waals surface area (Å²) in [5.74, 6) is 0.986. The van der Waals surface area contributed by atoms with E-state index in [1.54, 1.807) is 18.5 Å². The van der Waals surface area contributed by atoms with Crippen LogP contribution in [0.1, 0.15) is 35.1 Å². The van der Waals surface area contributed by atoms with E-state index in [1.807, 2.05) is 15.6 Å². The number of rotatable bonds is 4. The van der Waals surface area contributed by atoms with Gasteiger partial charge in [-0.05, 0) is 35.4 Å². The fraction of sp³-hybridized carbons (Fsp3) is 0.533. The number of piperazine rings is 1. The third kappa shape index (κ3) is 3.07. The molecular weight excluding hydrogens is 294 g/mol. The van der Waals surface area contributed by atoms with Crippen LogP contribution in [0, 0.1) is 0 Å². The summed E-state index contributed by atoms with van der Waals surface area (Å²) in [5.41, 5.74) is 0.652. The van der Waals surface area contributed by atoms with Crippen molar-refractivity contribution in [2.24, 2.45) is 0 Å². The van der Waals surface area contributed by atoms with Gasteiger partial charge in [0.15, 0.2) is 5.82 Å². The van der Waals surface area contributed by atoms with Crippen molar-refractivity contribution in [1.29, 1.82) is 0 Å². The maximum atomic E-state index is 12.4. The molecular formula is C15H19N7O. The number of amides is 1. The smallest absolute Gasteiger partial charge is 0.255 e. The Morgan fingerprint density at radius 2 is 2.04 bits per heavy atom. The Balaban J connectivity index is 1.34. The van der Waals surface area contributed by atoms with Gasteiger partial charge in [-0.3, -0.25) is 14.7 Å². The van der Waals surface area contributed by atoms with Crippen LogP contribution in [0.4, 0.5) is 0 Å². The minimum Gasteiger partial charge on any atom is -0.336 e. The van der Waals surface area contributed by atoms with E-state index < -0.39 is 0 Å². The summed E-state index contributed by atoms with van der Waals surface area (Å²) < 4.78 is 1.95. The van der Waals surface area contributed by atoms with Gasteiger partial charge < -0.3 is 4.90 Å². The molecule has 2 aliphatic rings. The zero-order chi connectivity index (χ0) is 15.6. The molecule has 1 amide bonds. The topological polar surface area (TPSA) is 80.0 Å². The van der Waals surface area contributed by atoms with Crippen LogP contribution < -0.4 is 0 Å². The number of tetrazole rings is 1. The zero-order valence-electron chi connectivity index (χ0n) is 12.9. The predicted molar refractivity (Wildman–Crippen MR) is 81.5 cm³/mol. The second-order valence-corrected chi connectivity index (χ2v) is 6.08. The third-order valence-electron chi connectivity index (χ3n) is 4.39. The van der Waals surface area contributed by atoms with Gasteiger partial charge in [-0.2, -0.15) is 0 Å². The second-order valence-electron chi connectivity index (χ2n) is 6.08. The van der Waals surface area contributed by atoms with Crippen LogP contribution in [-0.4, -0.2) is 67.1 Å². The van der Waals surface area contributed by atoms with Crippen LogP contribution in [-0.2, 0) is 6.54 Å². The standard InChI is InChI=1S/C15H19N7O/c23-15(12-2-1-5-16-10-12)21-8-6-20(7-9-21)11-14-17-18-19-22(14)13-3-4-13/h1-2,5,10,13H,3-4,6-9,11H2. The quantitative estimate of drug-likeness (QED) is 0.811. The maximum Gasteiger partial charge on any atom is 0.255 e. The van der Waals surface area contributed by atoms with Crippen molar-refractivity contribution in [3.63, 3.8) is 0 Å². The van der Waals surface area contributed by atoms with Crippen LogP contribution in [0.2, 0.25) is 0 Å². The summed E-state index contributed by atoms with van der Waals surface area (Å²) in [6, 6.07) is 4.10. The Kier molecular flexibility index (Phi) is 3.74. The number of nitrogens with zero attached hydrogens (tertiary/aromatic N) is 7. The third-order valence-corrected chi connectivity index (χ3v) is 4.39. The van der Waals surface area contributed by atoms with E-state index in [2.05, 4.69) is 25.4 Å². The van der Waals surface area contributed by atoms with Gasteiger partial charge in [0.25, 0.3) is 5.91 Å². The fourth-order valence-electron chi connectivity index (χ4n) is 2.90. The highest BCUT2D eigenvalue weighted by molar-refractivity contribution is 5.93. The molecule has 2 aromatic heterocycles. The molecule has 4 rings (SSSR count). The van der Waals surface area contributed by atoms with Crippen molar-refractivity contribution >= 4 is 5.91 Å². The number of carbonyl (C=O) groups is 1. The minimum atomic E-state index is 0.0561. The van der Waals surface area contributed by atoms with Crippen LogP contribution in [0.3, 0.4) is 0 Å². The van der Waals surface area contributed by atoms with Crippen molar-refractivity contribution < 1.29 is 4.79 Å². The molecule has 1 aliphatic heterocycles. The van der Waals surface area contributed by atoms with E-state index in [4.69, 9.17) is 0 Å². The van der Waals surface area contributed by atoms with Gasteiger partial charge in [0.1, 0.15) is 0 Å². The van der Waals surface area contributed by atoms with Gasteiger partial charge >= 0.3 is 0 Å². The Labute approximate surface area is 134 Å². The second kappa shape index (κ2) is 6.04. The lowest BCUT2D eigenvalue weighted by Gasteiger charge is -2.34. The average molecular weight is 313 g/mol. The molecule has 0 radical (unpaired) electrons. The maximum absolute atomic E-state index is 12.4. The summed E-state index contributed by atoms with van der Waals surface area (Å²) in [7, 11) is 0. The van der Waals surface area contributed by atoms with Gasteiger partial charge in [-0.25, -0.2) is 4.68 Å². The number of hydrogen-bond acceptors (Lipinski definition) is 6. The van der Waals surface area contributed by atoms with Gasteiger partial charge in [0.05, 0.1) is 18.2 Å². The van der Waals surface area contributed by atoms with Gasteiger partial charge in [0, 0.05) is 38.6 Å². The summed E-state index contributed by atoms with van der Waals surface area (Å²) in [5, 5.41) is 12.0. The fourth-order valence-corrected chi connectivity index (χ4v) is 2.90. The highest BCUT2D eigenvalue weighted by Crippen LogP contribution is 2.34. The molecule has 0 N–H and O–H groups in total. The van der Waals surface area contributed by atoms with Crippen LogP contribution in [0.15, 0.2) is 24.5 Å². The number of hydrogen-bond donors (Lipinski definition) is 0. The molecule has 120 valence electrons. The molecule has 8 heteroatoms. The first-order chi connectivity index (χ1) is 11.3. The molecule has 2 aromatic rings. The Hall–Kier alpha value is -2.35. The lowest BCUT2D eigenvalue weighted by atomic mass is 10.2. The zero-order valence-corrected chi connectivity index (χ0v) is 12.9. The van der Waals surface area contributed by atoms with Crippen molar-refractivity contribution in [2.75, 3.05) is 26.2 Å². The molecule has 0 unspecified atom stereocenters. The van der Waals surface area contributed by atoms with E-state index in [0.717, 1.165) is 38.5 Å². The Bertz CT molecular complexity index is 674. The molecule has 1 saturated carbocycles. The predicted octanol–water partition coefficient (Wildman–Crippen LogP) is 0.361. The van der Waals surface area contributed by atoms with E-state index in [9.17, 15) is 4.79 Å². The van der Waals surface area contributed by atoms with Crippen LogP contribution in [0.25, 0.3) is 0 Å². The normalized spacial score (nSPS) is 19.0. The summed E-state index contributed by atoms with van der Waals surface area (Å²) in [6.45, 7) is 3.86. The summed E-state index contributed by atoms with van der Waals surface area (Å²) in [6.07, 6.45) is 5.65.